The van der Waals surface area contributed by atoms with Crippen LogP contribution in [0.15, 0.2) is 46.9 Å². The second kappa shape index (κ2) is 4.72. The molecule has 0 aliphatic heterocycles. The van der Waals surface area contributed by atoms with Gasteiger partial charge in [-0.3, -0.25) is 0 Å². The van der Waals surface area contributed by atoms with Crippen molar-refractivity contribution in [1.82, 2.24) is 0 Å². The topological polar surface area (TPSA) is 37.3 Å². The third kappa shape index (κ3) is 2.56. The van der Waals surface area contributed by atoms with Crippen LogP contribution >= 0.6 is 15.9 Å². The van der Waals surface area contributed by atoms with Crippen LogP contribution in [0.3, 0.4) is 0 Å². The highest BCUT2D eigenvalue weighted by Gasteiger charge is 2.11. The van der Waals surface area contributed by atoms with Gasteiger partial charge >= 0.3 is 5.97 Å². The van der Waals surface area contributed by atoms with Crippen molar-refractivity contribution in [2.24, 2.45) is 0 Å². The highest BCUT2D eigenvalue weighted by atomic mass is 79.9. The molecule has 86 valence electrons. The number of halogens is 1. The molecule has 0 bridgehead atoms. The minimum Gasteiger partial charge on any atom is -0.478 e. The zero-order valence-corrected chi connectivity index (χ0v) is 10.9. The number of benzene rings is 2. The molecule has 3 heteroatoms. The van der Waals surface area contributed by atoms with E-state index in [0.29, 0.717) is 5.56 Å². The average molecular weight is 291 g/mol. The van der Waals surface area contributed by atoms with Crippen LogP contribution in [0.25, 0.3) is 11.1 Å². The number of hydrogen-bond acceptors (Lipinski definition) is 1. The van der Waals surface area contributed by atoms with Gasteiger partial charge in [0.25, 0.3) is 0 Å². The standard InChI is InChI=1S/C14H11BrO2/c1-9-2-7-12(13(8-9)14(16)17)10-3-5-11(15)6-4-10/h2-8H,1H3,(H,16,17). The van der Waals surface area contributed by atoms with Crippen molar-refractivity contribution in [2.45, 2.75) is 6.92 Å². The Morgan fingerprint density at radius 2 is 1.76 bits per heavy atom. The van der Waals surface area contributed by atoms with Gasteiger partial charge in [-0.15, -0.1) is 0 Å². The minimum atomic E-state index is -0.897. The van der Waals surface area contributed by atoms with Gasteiger partial charge in [0, 0.05) is 4.47 Å². The zero-order chi connectivity index (χ0) is 12.4. The fourth-order valence-electron chi connectivity index (χ4n) is 1.72. The first kappa shape index (κ1) is 11.9. The number of carbonyl (C=O) groups is 1. The maximum absolute atomic E-state index is 11.2. The molecule has 2 nitrogen and oxygen atoms in total. The van der Waals surface area contributed by atoms with Crippen LogP contribution in [-0.4, -0.2) is 11.1 Å². The molecule has 0 aliphatic rings. The maximum atomic E-state index is 11.2. The third-order valence-electron chi connectivity index (χ3n) is 2.56. The summed E-state index contributed by atoms with van der Waals surface area (Å²) >= 11 is 3.36. The van der Waals surface area contributed by atoms with Crippen molar-refractivity contribution >= 4 is 21.9 Å². The fourth-order valence-corrected chi connectivity index (χ4v) is 1.98. The van der Waals surface area contributed by atoms with Gasteiger partial charge < -0.3 is 5.11 Å². The van der Waals surface area contributed by atoms with E-state index in [2.05, 4.69) is 15.9 Å². The number of carboxylic acid groups (broad SMARTS) is 1. The van der Waals surface area contributed by atoms with Crippen LogP contribution < -0.4 is 0 Å². The minimum absolute atomic E-state index is 0.340. The summed E-state index contributed by atoms with van der Waals surface area (Å²) in [5.74, 6) is -0.897. The molecule has 2 rings (SSSR count). The first-order chi connectivity index (χ1) is 8.08. The molecular formula is C14H11BrO2. The Kier molecular flexibility index (Phi) is 3.29. The van der Waals surface area contributed by atoms with E-state index in [1.807, 2.05) is 43.3 Å². The summed E-state index contributed by atoms with van der Waals surface area (Å²) in [5, 5.41) is 9.20. The van der Waals surface area contributed by atoms with Gasteiger partial charge in [0.2, 0.25) is 0 Å². The van der Waals surface area contributed by atoms with E-state index in [9.17, 15) is 9.90 Å². The smallest absolute Gasteiger partial charge is 0.336 e. The van der Waals surface area contributed by atoms with Crippen molar-refractivity contribution in [1.29, 1.82) is 0 Å². The lowest BCUT2D eigenvalue weighted by molar-refractivity contribution is 0.0697. The Morgan fingerprint density at radius 1 is 1.12 bits per heavy atom. The van der Waals surface area contributed by atoms with Gasteiger partial charge in [-0.05, 0) is 36.2 Å². The predicted octanol–water partition coefficient (Wildman–Crippen LogP) is 4.12. The molecule has 1 N–H and O–H groups in total. The van der Waals surface area contributed by atoms with Crippen molar-refractivity contribution in [3.05, 3.63) is 58.1 Å². The summed E-state index contributed by atoms with van der Waals surface area (Å²) in [4.78, 5) is 11.2. The predicted molar refractivity (Wildman–Crippen MR) is 71.3 cm³/mol. The van der Waals surface area contributed by atoms with Crippen LogP contribution in [0.2, 0.25) is 0 Å². The van der Waals surface area contributed by atoms with E-state index in [-0.39, 0.29) is 0 Å². The number of aromatic carboxylic acids is 1. The molecule has 0 amide bonds. The molecule has 0 atom stereocenters. The first-order valence-electron chi connectivity index (χ1n) is 5.18. The largest absolute Gasteiger partial charge is 0.478 e. The first-order valence-corrected chi connectivity index (χ1v) is 5.97. The molecule has 0 radical (unpaired) electrons. The van der Waals surface area contributed by atoms with Gasteiger partial charge in [0.1, 0.15) is 0 Å². The Bertz CT molecular complexity index is 559. The average Bonchev–Trinajstić information content (AvgIpc) is 2.30. The van der Waals surface area contributed by atoms with Crippen molar-refractivity contribution in [3.8, 4) is 11.1 Å². The molecule has 0 saturated heterocycles. The van der Waals surface area contributed by atoms with Crippen LogP contribution in [-0.2, 0) is 0 Å². The number of carboxylic acids is 1. The molecule has 0 heterocycles. The Hall–Kier alpha value is -1.61. The van der Waals surface area contributed by atoms with Gasteiger partial charge in [-0.2, -0.15) is 0 Å². The lowest BCUT2D eigenvalue weighted by atomic mass is 9.98. The van der Waals surface area contributed by atoms with E-state index >= 15 is 0 Å². The van der Waals surface area contributed by atoms with E-state index in [1.54, 1.807) is 6.07 Å². The quantitative estimate of drug-likeness (QED) is 0.903. The normalized spacial score (nSPS) is 10.2. The molecule has 0 aromatic heterocycles. The van der Waals surface area contributed by atoms with Gasteiger partial charge in [-0.1, -0.05) is 45.8 Å². The third-order valence-corrected chi connectivity index (χ3v) is 3.09. The molecule has 0 unspecified atom stereocenters. The van der Waals surface area contributed by atoms with E-state index in [4.69, 9.17) is 0 Å². The summed E-state index contributed by atoms with van der Waals surface area (Å²) in [6, 6.07) is 13.1. The molecule has 0 saturated carbocycles. The fraction of sp³-hybridized carbons (Fsp3) is 0.0714. The molecule has 0 aliphatic carbocycles. The summed E-state index contributed by atoms with van der Waals surface area (Å²) in [6.07, 6.45) is 0. The highest BCUT2D eigenvalue weighted by molar-refractivity contribution is 9.10. The molecular weight excluding hydrogens is 280 g/mol. The van der Waals surface area contributed by atoms with Crippen LogP contribution in [0.4, 0.5) is 0 Å². The van der Waals surface area contributed by atoms with Crippen molar-refractivity contribution in [2.75, 3.05) is 0 Å². The van der Waals surface area contributed by atoms with Crippen molar-refractivity contribution < 1.29 is 9.90 Å². The highest BCUT2D eigenvalue weighted by Crippen LogP contribution is 2.26. The summed E-state index contributed by atoms with van der Waals surface area (Å²) in [7, 11) is 0. The molecule has 0 fully saturated rings. The molecule has 2 aromatic rings. The molecule has 0 spiro atoms. The molecule has 2 aromatic carbocycles. The second-order valence-electron chi connectivity index (χ2n) is 3.86. The Labute approximate surface area is 108 Å². The lowest BCUT2D eigenvalue weighted by Crippen LogP contribution is -2.00. The maximum Gasteiger partial charge on any atom is 0.336 e. The Balaban J connectivity index is 2.58. The van der Waals surface area contributed by atoms with Crippen LogP contribution in [0.1, 0.15) is 15.9 Å². The van der Waals surface area contributed by atoms with Gasteiger partial charge in [0.05, 0.1) is 5.56 Å². The van der Waals surface area contributed by atoms with Crippen LogP contribution in [0.5, 0.6) is 0 Å². The zero-order valence-electron chi connectivity index (χ0n) is 9.27. The lowest BCUT2D eigenvalue weighted by Gasteiger charge is -2.07. The Morgan fingerprint density at radius 3 is 2.35 bits per heavy atom. The van der Waals surface area contributed by atoms with Crippen molar-refractivity contribution in [3.63, 3.8) is 0 Å². The molecule has 17 heavy (non-hydrogen) atoms. The SMILES string of the molecule is Cc1ccc(-c2ccc(Br)cc2)c(C(=O)O)c1. The summed E-state index contributed by atoms with van der Waals surface area (Å²) in [6.45, 7) is 1.89. The number of hydrogen-bond donors (Lipinski definition) is 1. The van der Waals surface area contributed by atoms with E-state index in [0.717, 1.165) is 21.2 Å². The van der Waals surface area contributed by atoms with Gasteiger partial charge in [0.15, 0.2) is 0 Å². The van der Waals surface area contributed by atoms with Gasteiger partial charge in [-0.25, -0.2) is 4.79 Å². The van der Waals surface area contributed by atoms with E-state index in [1.165, 1.54) is 0 Å². The monoisotopic (exact) mass is 290 g/mol. The summed E-state index contributed by atoms with van der Waals surface area (Å²) < 4.78 is 0.977. The number of rotatable bonds is 2. The number of aryl methyl sites for hydroxylation is 1. The summed E-state index contributed by atoms with van der Waals surface area (Å²) in [5.41, 5.74) is 2.94. The van der Waals surface area contributed by atoms with Crippen LogP contribution in [0, 0.1) is 6.92 Å². The second-order valence-corrected chi connectivity index (χ2v) is 4.78. The van der Waals surface area contributed by atoms with E-state index < -0.39 is 5.97 Å².